The van der Waals surface area contributed by atoms with E-state index in [1.54, 1.807) is 20.8 Å². The minimum Gasteiger partial charge on any atom is -0.478 e. The van der Waals surface area contributed by atoms with Crippen molar-refractivity contribution in [1.82, 2.24) is 0 Å². The summed E-state index contributed by atoms with van der Waals surface area (Å²) >= 11 is 0. The Balaban J connectivity index is 2.80. The van der Waals surface area contributed by atoms with Gasteiger partial charge in [-0.1, -0.05) is 0 Å². The van der Waals surface area contributed by atoms with Crippen LogP contribution >= 0.6 is 0 Å². The molecule has 0 aromatic heterocycles. The zero-order valence-electron chi connectivity index (χ0n) is 10.5. The zero-order chi connectivity index (χ0) is 13.9. The quantitative estimate of drug-likeness (QED) is 0.701. The van der Waals surface area contributed by atoms with Crippen LogP contribution in [0.5, 0.6) is 0 Å². The Hall–Kier alpha value is -2.24. The van der Waals surface area contributed by atoms with E-state index in [0.29, 0.717) is 5.69 Å². The SMILES string of the molecule is CC(C)(C)OC(=O)Nc1ccc(C(=O)O)cc1N. The molecule has 0 saturated heterocycles. The van der Waals surface area contributed by atoms with E-state index in [2.05, 4.69) is 5.32 Å². The van der Waals surface area contributed by atoms with Gasteiger partial charge in [0.1, 0.15) is 5.60 Å². The first-order chi connectivity index (χ1) is 8.19. The standard InChI is InChI=1S/C12H16N2O4/c1-12(2,3)18-11(17)14-9-5-4-7(10(15)16)6-8(9)13/h4-6H,13H2,1-3H3,(H,14,17)(H,15,16). The van der Waals surface area contributed by atoms with E-state index >= 15 is 0 Å². The van der Waals surface area contributed by atoms with Crippen molar-refractivity contribution in [3.05, 3.63) is 23.8 Å². The maximum absolute atomic E-state index is 11.5. The molecular weight excluding hydrogens is 236 g/mol. The van der Waals surface area contributed by atoms with Crippen LogP contribution in [-0.2, 0) is 4.74 Å². The molecule has 0 unspecified atom stereocenters. The third kappa shape index (κ3) is 3.97. The van der Waals surface area contributed by atoms with Gasteiger partial charge in [0.2, 0.25) is 0 Å². The van der Waals surface area contributed by atoms with E-state index in [9.17, 15) is 9.59 Å². The topological polar surface area (TPSA) is 102 Å². The second-order valence-electron chi connectivity index (χ2n) is 4.73. The summed E-state index contributed by atoms with van der Waals surface area (Å²) in [6.45, 7) is 5.22. The number of benzene rings is 1. The first-order valence-corrected chi connectivity index (χ1v) is 5.32. The number of nitrogens with two attached hydrogens (primary N) is 1. The predicted octanol–water partition coefficient (Wildman–Crippen LogP) is 2.31. The normalized spacial score (nSPS) is 10.8. The fourth-order valence-corrected chi connectivity index (χ4v) is 1.22. The Bertz CT molecular complexity index is 477. The smallest absolute Gasteiger partial charge is 0.412 e. The summed E-state index contributed by atoms with van der Waals surface area (Å²) in [5, 5.41) is 11.2. The molecule has 0 radical (unpaired) electrons. The van der Waals surface area contributed by atoms with Crippen molar-refractivity contribution < 1.29 is 19.4 Å². The summed E-state index contributed by atoms with van der Waals surface area (Å²) in [7, 11) is 0. The maximum atomic E-state index is 11.5. The van der Waals surface area contributed by atoms with Gasteiger partial charge in [-0.05, 0) is 39.0 Å². The number of hydrogen-bond donors (Lipinski definition) is 3. The van der Waals surface area contributed by atoms with Crippen LogP contribution < -0.4 is 11.1 Å². The molecule has 98 valence electrons. The first kappa shape index (κ1) is 13.8. The van der Waals surface area contributed by atoms with Gasteiger partial charge in [0.05, 0.1) is 16.9 Å². The molecule has 0 saturated carbocycles. The van der Waals surface area contributed by atoms with Crippen LogP contribution in [-0.4, -0.2) is 22.8 Å². The average Bonchev–Trinajstić information content (AvgIpc) is 2.17. The first-order valence-electron chi connectivity index (χ1n) is 5.32. The van der Waals surface area contributed by atoms with Gasteiger partial charge in [-0.25, -0.2) is 9.59 Å². The van der Waals surface area contributed by atoms with Crippen LogP contribution in [0.25, 0.3) is 0 Å². The van der Waals surface area contributed by atoms with Crippen LogP contribution in [0.4, 0.5) is 16.2 Å². The molecule has 0 spiro atoms. The van der Waals surface area contributed by atoms with Crippen LogP contribution in [0.2, 0.25) is 0 Å². The monoisotopic (exact) mass is 252 g/mol. The minimum atomic E-state index is -1.08. The fourth-order valence-electron chi connectivity index (χ4n) is 1.22. The number of carboxylic acid groups (broad SMARTS) is 1. The molecule has 1 rings (SSSR count). The number of carbonyl (C=O) groups is 2. The Morgan fingerprint density at radius 3 is 2.39 bits per heavy atom. The summed E-state index contributed by atoms with van der Waals surface area (Å²) in [6, 6.07) is 4.04. The Morgan fingerprint density at radius 2 is 1.94 bits per heavy atom. The number of amides is 1. The lowest BCUT2D eigenvalue weighted by molar-refractivity contribution is 0.0634. The molecule has 6 heteroatoms. The molecule has 0 aliphatic heterocycles. The van der Waals surface area contributed by atoms with Crippen molar-refractivity contribution in [3.63, 3.8) is 0 Å². The van der Waals surface area contributed by atoms with Gasteiger partial charge in [0, 0.05) is 0 Å². The Labute approximate surface area is 105 Å². The molecule has 1 aromatic carbocycles. The number of nitrogen functional groups attached to an aromatic ring is 1. The summed E-state index contributed by atoms with van der Waals surface area (Å²) in [5.41, 5.74) is 5.57. The molecular formula is C12H16N2O4. The number of carboxylic acids is 1. The van der Waals surface area contributed by atoms with Crippen molar-refractivity contribution in [2.45, 2.75) is 26.4 Å². The second kappa shape index (κ2) is 4.95. The van der Waals surface area contributed by atoms with Crippen molar-refractivity contribution in [2.24, 2.45) is 0 Å². The Morgan fingerprint density at radius 1 is 1.33 bits per heavy atom. The third-order valence-corrected chi connectivity index (χ3v) is 1.93. The van der Waals surface area contributed by atoms with Crippen molar-refractivity contribution in [3.8, 4) is 0 Å². The lowest BCUT2D eigenvalue weighted by atomic mass is 10.2. The number of hydrogen-bond acceptors (Lipinski definition) is 4. The van der Waals surface area contributed by atoms with Gasteiger partial charge in [-0.2, -0.15) is 0 Å². The largest absolute Gasteiger partial charge is 0.478 e. The molecule has 0 aliphatic carbocycles. The van der Waals surface area contributed by atoms with Gasteiger partial charge in [0.25, 0.3) is 0 Å². The lowest BCUT2D eigenvalue weighted by Crippen LogP contribution is -2.27. The van der Waals surface area contributed by atoms with Gasteiger partial charge in [-0.3, -0.25) is 5.32 Å². The van der Waals surface area contributed by atoms with E-state index in [1.165, 1.54) is 18.2 Å². The molecule has 0 heterocycles. The van der Waals surface area contributed by atoms with E-state index in [1.807, 2.05) is 0 Å². The lowest BCUT2D eigenvalue weighted by Gasteiger charge is -2.20. The zero-order valence-corrected chi connectivity index (χ0v) is 10.5. The van der Waals surface area contributed by atoms with E-state index < -0.39 is 17.7 Å². The van der Waals surface area contributed by atoms with Crippen molar-refractivity contribution in [1.29, 1.82) is 0 Å². The van der Waals surface area contributed by atoms with Gasteiger partial charge < -0.3 is 15.6 Å². The molecule has 0 aliphatic rings. The highest BCUT2D eigenvalue weighted by molar-refractivity contribution is 5.93. The number of nitrogens with one attached hydrogen (secondary N) is 1. The van der Waals surface area contributed by atoms with Crippen LogP contribution in [0.3, 0.4) is 0 Å². The molecule has 0 bridgehead atoms. The second-order valence-corrected chi connectivity index (χ2v) is 4.73. The summed E-state index contributed by atoms with van der Waals surface area (Å²) < 4.78 is 5.05. The van der Waals surface area contributed by atoms with E-state index in [-0.39, 0.29) is 11.3 Å². The van der Waals surface area contributed by atoms with Crippen LogP contribution in [0.1, 0.15) is 31.1 Å². The predicted molar refractivity (Wildman–Crippen MR) is 67.7 cm³/mol. The number of carbonyl (C=O) groups excluding carboxylic acids is 1. The van der Waals surface area contributed by atoms with E-state index in [4.69, 9.17) is 15.6 Å². The molecule has 0 atom stereocenters. The molecule has 0 fully saturated rings. The summed E-state index contributed by atoms with van der Waals surface area (Å²) in [6.07, 6.45) is -0.641. The highest BCUT2D eigenvalue weighted by Crippen LogP contribution is 2.21. The van der Waals surface area contributed by atoms with Crippen molar-refractivity contribution >= 4 is 23.4 Å². The Kier molecular flexibility index (Phi) is 3.80. The summed E-state index contributed by atoms with van der Waals surface area (Å²) in [4.78, 5) is 22.2. The molecule has 18 heavy (non-hydrogen) atoms. The molecule has 1 aromatic rings. The minimum absolute atomic E-state index is 0.0576. The van der Waals surface area contributed by atoms with Crippen LogP contribution in [0.15, 0.2) is 18.2 Å². The summed E-state index contributed by atoms with van der Waals surface area (Å²) in [5.74, 6) is -1.08. The third-order valence-electron chi connectivity index (χ3n) is 1.93. The fraction of sp³-hybridized carbons (Fsp3) is 0.333. The highest BCUT2D eigenvalue weighted by Gasteiger charge is 2.17. The van der Waals surface area contributed by atoms with E-state index in [0.717, 1.165) is 0 Å². The number of ether oxygens (including phenoxy) is 1. The highest BCUT2D eigenvalue weighted by atomic mass is 16.6. The molecule has 6 nitrogen and oxygen atoms in total. The molecule has 4 N–H and O–H groups in total. The number of anilines is 2. The van der Waals surface area contributed by atoms with Gasteiger partial charge in [0.15, 0.2) is 0 Å². The number of aromatic carboxylic acids is 1. The van der Waals surface area contributed by atoms with Crippen molar-refractivity contribution in [2.75, 3.05) is 11.1 Å². The van der Waals surface area contributed by atoms with Gasteiger partial charge >= 0.3 is 12.1 Å². The maximum Gasteiger partial charge on any atom is 0.412 e. The van der Waals surface area contributed by atoms with Crippen LogP contribution in [0, 0.1) is 0 Å². The average molecular weight is 252 g/mol. The molecule has 1 amide bonds. The van der Waals surface area contributed by atoms with Gasteiger partial charge in [-0.15, -0.1) is 0 Å². The number of rotatable bonds is 2.